The molecule has 5 heteroatoms. The minimum Gasteiger partial charge on any atom is -0.465 e. The number of ether oxygens (including phenoxy) is 1. The topological polar surface area (TPSA) is 39.2 Å². The molecule has 0 bridgehead atoms. The fourth-order valence-electron chi connectivity index (χ4n) is 1.34. The summed E-state index contributed by atoms with van der Waals surface area (Å²) in [6.45, 7) is 4.00. The van der Waals surface area contributed by atoms with Crippen LogP contribution in [0.4, 0.5) is 0 Å². The van der Waals surface area contributed by atoms with Crippen LogP contribution in [-0.4, -0.2) is 18.1 Å². The molecular weight excluding hydrogens is 290 g/mol. The van der Waals surface area contributed by atoms with Gasteiger partial charge >= 0.3 is 5.97 Å². The van der Waals surface area contributed by atoms with Crippen molar-refractivity contribution < 1.29 is 9.53 Å². The normalized spacial score (nSPS) is 12.5. The molecule has 1 rings (SSSR count). The molecule has 16 heavy (non-hydrogen) atoms. The summed E-state index contributed by atoms with van der Waals surface area (Å²) in [5.74, 6) is -0.295. The fourth-order valence-corrected chi connectivity index (χ4v) is 3.04. The molecule has 0 aliphatic heterocycles. The highest BCUT2D eigenvalue weighted by Gasteiger charge is 2.19. The molecule has 1 unspecified atom stereocenters. The molecule has 0 N–H and O–H groups in total. The molecule has 1 heterocycles. The first kappa shape index (κ1) is 13.6. The Labute approximate surface area is 108 Å². The maximum atomic E-state index is 11.4. The van der Waals surface area contributed by atoms with E-state index >= 15 is 0 Å². The van der Waals surface area contributed by atoms with Crippen molar-refractivity contribution in [2.24, 2.45) is 0 Å². The Morgan fingerprint density at radius 3 is 2.88 bits per heavy atom. The van der Waals surface area contributed by atoms with Crippen molar-refractivity contribution >= 4 is 33.2 Å². The first-order valence-corrected chi connectivity index (χ1v) is 7.03. The summed E-state index contributed by atoms with van der Waals surface area (Å²) in [7, 11) is 1.39. The lowest BCUT2D eigenvalue weighted by atomic mass is 10.2. The Morgan fingerprint density at radius 1 is 1.62 bits per heavy atom. The van der Waals surface area contributed by atoms with Gasteiger partial charge in [0.05, 0.1) is 17.6 Å². The Bertz CT molecular complexity index is 365. The van der Waals surface area contributed by atoms with E-state index in [1.807, 2.05) is 6.92 Å². The number of hydrogen-bond acceptors (Lipinski definition) is 4. The summed E-state index contributed by atoms with van der Waals surface area (Å²) < 4.78 is 4.71. The first-order valence-electron chi connectivity index (χ1n) is 5.29. The second kappa shape index (κ2) is 6.35. The Hall–Kier alpha value is -0.420. The number of carbonyl (C=O) groups excluding carboxylic acids is 1. The van der Waals surface area contributed by atoms with E-state index in [1.165, 1.54) is 18.4 Å². The van der Waals surface area contributed by atoms with Gasteiger partial charge in [-0.05, 0) is 13.3 Å². The molecule has 1 atom stereocenters. The zero-order valence-corrected chi connectivity index (χ0v) is 12.2. The Morgan fingerprint density at radius 2 is 2.31 bits per heavy atom. The summed E-state index contributed by atoms with van der Waals surface area (Å²) in [5, 5.41) is 0.964. The van der Waals surface area contributed by atoms with E-state index in [-0.39, 0.29) is 10.8 Å². The molecule has 0 spiro atoms. The van der Waals surface area contributed by atoms with Gasteiger partial charge in [0, 0.05) is 0 Å². The number of unbranched alkanes of at least 4 members (excludes halogenated alkanes) is 1. The number of methoxy groups -OCH3 is 1. The van der Waals surface area contributed by atoms with Gasteiger partial charge in [0.25, 0.3) is 0 Å². The van der Waals surface area contributed by atoms with Crippen molar-refractivity contribution in [3.8, 4) is 0 Å². The van der Waals surface area contributed by atoms with Gasteiger partial charge in [-0.3, -0.25) is 0 Å². The molecule has 0 aliphatic carbocycles. The van der Waals surface area contributed by atoms with Crippen LogP contribution in [0, 0.1) is 6.92 Å². The SMILES string of the molecule is CCCCC(Br)c1nc(C)c(C(=O)OC)s1. The van der Waals surface area contributed by atoms with Crippen LogP contribution in [0.15, 0.2) is 0 Å². The van der Waals surface area contributed by atoms with Gasteiger partial charge in [-0.15, -0.1) is 11.3 Å². The third-order valence-electron chi connectivity index (χ3n) is 2.26. The predicted octanol–water partition coefficient (Wildman–Crippen LogP) is 3.86. The maximum absolute atomic E-state index is 11.4. The van der Waals surface area contributed by atoms with Crippen molar-refractivity contribution in [2.75, 3.05) is 7.11 Å². The van der Waals surface area contributed by atoms with Crippen LogP contribution in [-0.2, 0) is 4.74 Å². The monoisotopic (exact) mass is 305 g/mol. The standard InChI is InChI=1S/C11H16BrNO2S/c1-4-5-6-8(12)10-13-7(2)9(16-10)11(14)15-3/h8H,4-6H2,1-3H3. The molecule has 0 fully saturated rings. The third kappa shape index (κ3) is 3.28. The largest absolute Gasteiger partial charge is 0.465 e. The summed E-state index contributed by atoms with van der Waals surface area (Å²) in [5.41, 5.74) is 0.757. The second-order valence-electron chi connectivity index (χ2n) is 3.57. The number of esters is 1. The van der Waals surface area contributed by atoms with Crippen molar-refractivity contribution in [3.63, 3.8) is 0 Å². The van der Waals surface area contributed by atoms with Crippen LogP contribution in [0.1, 0.15) is 51.4 Å². The van der Waals surface area contributed by atoms with Gasteiger partial charge in [0.2, 0.25) is 0 Å². The fraction of sp³-hybridized carbons (Fsp3) is 0.636. The van der Waals surface area contributed by atoms with E-state index in [0.717, 1.165) is 30.0 Å². The average molecular weight is 306 g/mol. The lowest BCUT2D eigenvalue weighted by Crippen LogP contribution is -1.99. The molecule has 0 aliphatic rings. The Kier molecular flexibility index (Phi) is 5.41. The number of aryl methyl sites for hydroxylation is 1. The number of carbonyl (C=O) groups is 1. The first-order chi connectivity index (χ1) is 7.60. The minimum absolute atomic E-state index is 0.245. The molecule has 0 aromatic carbocycles. The van der Waals surface area contributed by atoms with Gasteiger partial charge in [-0.2, -0.15) is 0 Å². The van der Waals surface area contributed by atoms with Crippen LogP contribution in [0.25, 0.3) is 0 Å². The molecule has 0 saturated carbocycles. The number of thiazole rings is 1. The number of nitrogens with zero attached hydrogens (tertiary/aromatic N) is 1. The van der Waals surface area contributed by atoms with Crippen LogP contribution in [0.3, 0.4) is 0 Å². The van der Waals surface area contributed by atoms with Gasteiger partial charge < -0.3 is 4.74 Å². The molecule has 3 nitrogen and oxygen atoms in total. The van der Waals surface area contributed by atoms with Crippen LogP contribution >= 0.6 is 27.3 Å². The van der Waals surface area contributed by atoms with E-state index in [2.05, 4.69) is 27.8 Å². The highest BCUT2D eigenvalue weighted by atomic mass is 79.9. The smallest absolute Gasteiger partial charge is 0.349 e. The molecule has 0 saturated heterocycles. The number of alkyl halides is 1. The van der Waals surface area contributed by atoms with Crippen molar-refractivity contribution in [2.45, 2.75) is 37.9 Å². The zero-order valence-electron chi connectivity index (χ0n) is 9.75. The van der Waals surface area contributed by atoms with E-state index in [1.54, 1.807) is 0 Å². The van der Waals surface area contributed by atoms with E-state index in [9.17, 15) is 4.79 Å². The summed E-state index contributed by atoms with van der Waals surface area (Å²) in [6.07, 6.45) is 3.36. The average Bonchev–Trinajstić information content (AvgIpc) is 2.67. The quantitative estimate of drug-likeness (QED) is 0.612. The number of rotatable bonds is 5. The lowest BCUT2D eigenvalue weighted by molar-refractivity contribution is 0.0605. The maximum Gasteiger partial charge on any atom is 0.349 e. The number of aromatic nitrogens is 1. The zero-order chi connectivity index (χ0) is 12.1. The number of hydrogen-bond donors (Lipinski definition) is 0. The highest BCUT2D eigenvalue weighted by molar-refractivity contribution is 9.09. The van der Waals surface area contributed by atoms with Gasteiger partial charge in [-0.1, -0.05) is 35.7 Å². The van der Waals surface area contributed by atoms with E-state index in [0.29, 0.717) is 4.88 Å². The predicted molar refractivity (Wildman–Crippen MR) is 69.4 cm³/mol. The van der Waals surface area contributed by atoms with E-state index < -0.39 is 0 Å². The van der Waals surface area contributed by atoms with E-state index in [4.69, 9.17) is 4.74 Å². The second-order valence-corrected chi connectivity index (χ2v) is 5.70. The Balaban J connectivity index is 2.79. The molecule has 90 valence electrons. The lowest BCUT2D eigenvalue weighted by Gasteiger charge is -2.03. The third-order valence-corrected chi connectivity index (χ3v) is 4.71. The van der Waals surface area contributed by atoms with Crippen molar-refractivity contribution in [3.05, 3.63) is 15.6 Å². The minimum atomic E-state index is -0.295. The van der Waals surface area contributed by atoms with Crippen LogP contribution < -0.4 is 0 Å². The van der Waals surface area contributed by atoms with Crippen molar-refractivity contribution in [1.82, 2.24) is 4.98 Å². The molecule has 0 radical (unpaired) electrons. The summed E-state index contributed by atoms with van der Waals surface area (Å²) in [6, 6.07) is 0. The molecule has 0 amide bonds. The number of halogens is 1. The highest BCUT2D eigenvalue weighted by Crippen LogP contribution is 2.33. The summed E-state index contributed by atoms with van der Waals surface area (Å²) >= 11 is 5.02. The summed E-state index contributed by atoms with van der Waals surface area (Å²) in [4.78, 5) is 16.7. The van der Waals surface area contributed by atoms with Crippen LogP contribution in [0.5, 0.6) is 0 Å². The molecule has 1 aromatic rings. The molecule has 1 aromatic heterocycles. The van der Waals surface area contributed by atoms with Gasteiger partial charge in [0.1, 0.15) is 9.88 Å². The van der Waals surface area contributed by atoms with Crippen LogP contribution in [0.2, 0.25) is 0 Å². The van der Waals surface area contributed by atoms with Gasteiger partial charge in [-0.25, -0.2) is 9.78 Å². The van der Waals surface area contributed by atoms with Gasteiger partial charge in [0.15, 0.2) is 0 Å². The molecular formula is C11H16BrNO2S. The van der Waals surface area contributed by atoms with Crippen molar-refractivity contribution in [1.29, 1.82) is 0 Å².